The second kappa shape index (κ2) is 5.32. The SMILES string of the molecule is CC[C@]12C[C@H]3C[C@@](O)(C1)C[C@@](C(=O)NCc1nc4ccccc4[nH]1)(C3)C2. The van der Waals surface area contributed by atoms with Gasteiger partial charge in [-0.05, 0) is 62.0 Å². The average molecular weight is 353 g/mol. The first-order valence-corrected chi connectivity index (χ1v) is 9.88. The number of H-pyrrole nitrogens is 1. The van der Waals surface area contributed by atoms with Gasteiger partial charge in [0, 0.05) is 0 Å². The van der Waals surface area contributed by atoms with E-state index in [0.29, 0.717) is 18.9 Å². The summed E-state index contributed by atoms with van der Waals surface area (Å²) in [4.78, 5) is 21.1. The van der Waals surface area contributed by atoms with Crippen molar-refractivity contribution in [1.29, 1.82) is 0 Å². The molecule has 0 aliphatic heterocycles. The van der Waals surface area contributed by atoms with Crippen LogP contribution in [-0.4, -0.2) is 26.6 Å². The number of hydrogen-bond acceptors (Lipinski definition) is 3. The number of nitrogens with one attached hydrogen (secondary N) is 2. The maximum Gasteiger partial charge on any atom is 0.226 e. The molecule has 5 nitrogen and oxygen atoms in total. The molecular weight excluding hydrogens is 326 g/mol. The number of hydrogen-bond donors (Lipinski definition) is 3. The van der Waals surface area contributed by atoms with Crippen molar-refractivity contribution in [3.05, 3.63) is 30.1 Å². The highest BCUT2D eigenvalue weighted by molar-refractivity contribution is 5.83. The second-order valence-corrected chi connectivity index (χ2v) is 9.25. The van der Waals surface area contributed by atoms with E-state index < -0.39 is 11.0 Å². The first-order chi connectivity index (χ1) is 12.4. The van der Waals surface area contributed by atoms with Crippen LogP contribution in [0.25, 0.3) is 11.0 Å². The zero-order valence-electron chi connectivity index (χ0n) is 15.3. The fourth-order valence-electron chi connectivity index (χ4n) is 6.67. The maximum absolute atomic E-state index is 13.2. The van der Waals surface area contributed by atoms with Gasteiger partial charge >= 0.3 is 0 Å². The van der Waals surface area contributed by atoms with Gasteiger partial charge < -0.3 is 15.4 Å². The van der Waals surface area contributed by atoms with Crippen LogP contribution in [0.15, 0.2) is 24.3 Å². The lowest BCUT2D eigenvalue weighted by molar-refractivity contribution is -0.204. The summed E-state index contributed by atoms with van der Waals surface area (Å²) >= 11 is 0. The van der Waals surface area contributed by atoms with Crippen molar-refractivity contribution in [1.82, 2.24) is 15.3 Å². The minimum Gasteiger partial charge on any atom is -0.390 e. The monoisotopic (exact) mass is 353 g/mol. The molecule has 1 aromatic heterocycles. The Balaban J connectivity index is 1.36. The number of para-hydroxylation sites is 2. The molecule has 1 heterocycles. The van der Waals surface area contributed by atoms with E-state index in [1.807, 2.05) is 24.3 Å². The third-order valence-electron chi connectivity index (χ3n) is 7.24. The molecule has 0 spiro atoms. The van der Waals surface area contributed by atoms with Crippen molar-refractivity contribution in [2.45, 2.75) is 64.0 Å². The molecule has 1 aromatic carbocycles. The summed E-state index contributed by atoms with van der Waals surface area (Å²) < 4.78 is 0. The van der Waals surface area contributed by atoms with Crippen LogP contribution in [0.2, 0.25) is 0 Å². The van der Waals surface area contributed by atoms with Crippen LogP contribution in [0.5, 0.6) is 0 Å². The fourth-order valence-corrected chi connectivity index (χ4v) is 6.67. The quantitative estimate of drug-likeness (QED) is 0.789. The number of imidazole rings is 1. The molecule has 4 bridgehead atoms. The van der Waals surface area contributed by atoms with E-state index in [1.54, 1.807) is 0 Å². The van der Waals surface area contributed by atoms with Crippen LogP contribution >= 0.6 is 0 Å². The normalized spacial score (nSPS) is 38.0. The second-order valence-electron chi connectivity index (χ2n) is 9.25. The predicted octanol–water partition coefficient (Wildman–Crippen LogP) is 3.29. The smallest absolute Gasteiger partial charge is 0.226 e. The zero-order valence-corrected chi connectivity index (χ0v) is 15.3. The van der Waals surface area contributed by atoms with Crippen LogP contribution in [0, 0.1) is 16.7 Å². The highest BCUT2D eigenvalue weighted by Gasteiger charge is 2.64. The Hall–Kier alpha value is -1.88. The molecule has 6 rings (SSSR count). The van der Waals surface area contributed by atoms with E-state index in [2.05, 4.69) is 22.2 Å². The van der Waals surface area contributed by atoms with Gasteiger partial charge in [0.25, 0.3) is 0 Å². The summed E-state index contributed by atoms with van der Waals surface area (Å²) in [7, 11) is 0. The van der Waals surface area contributed by atoms with Gasteiger partial charge in [0.2, 0.25) is 5.91 Å². The van der Waals surface area contributed by atoms with Gasteiger partial charge in [0.15, 0.2) is 0 Å². The van der Waals surface area contributed by atoms with Gasteiger partial charge in [0.1, 0.15) is 5.82 Å². The van der Waals surface area contributed by atoms with Crippen LogP contribution < -0.4 is 5.32 Å². The van der Waals surface area contributed by atoms with Gasteiger partial charge in [-0.2, -0.15) is 0 Å². The minimum atomic E-state index is -0.633. The van der Waals surface area contributed by atoms with Crippen molar-refractivity contribution in [2.75, 3.05) is 0 Å². The molecule has 4 aliphatic carbocycles. The average Bonchev–Trinajstić information content (AvgIpc) is 3.00. The molecule has 1 amide bonds. The molecule has 138 valence electrons. The van der Waals surface area contributed by atoms with E-state index in [4.69, 9.17) is 0 Å². The minimum absolute atomic E-state index is 0.110. The van der Waals surface area contributed by atoms with Crippen molar-refractivity contribution in [3.63, 3.8) is 0 Å². The lowest BCUT2D eigenvalue weighted by Crippen LogP contribution is -2.63. The standard InChI is InChI=1S/C21H27N3O2/c1-2-19-7-14-8-20(11-19,13-21(26,9-14)12-19)18(25)22-10-17-23-15-5-3-4-6-16(15)24-17/h3-6,14,26H,2,7-13H2,1H3,(H,22,25)(H,23,24)/t14-,19-,20-,21-/m1/s1. The maximum atomic E-state index is 13.2. The number of nitrogens with zero attached hydrogens (tertiary/aromatic N) is 1. The third-order valence-corrected chi connectivity index (χ3v) is 7.24. The first kappa shape index (κ1) is 16.3. The summed E-state index contributed by atoms with van der Waals surface area (Å²) in [6.07, 6.45) is 6.50. The van der Waals surface area contributed by atoms with Crippen molar-refractivity contribution >= 4 is 16.9 Å². The van der Waals surface area contributed by atoms with Crippen LogP contribution in [0.1, 0.15) is 57.7 Å². The number of benzene rings is 1. The summed E-state index contributed by atoms with van der Waals surface area (Å²) in [5.41, 5.74) is 1.05. The number of aromatic amines is 1. The number of aromatic nitrogens is 2. The van der Waals surface area contributed by atoms with E-state index in [9.17, 15) is 9.90 Å². The van der Waals surface area contributed by atoms with E-state index in [1.165, 1.54) is 6.42 Å². The fraction of sp³-hybridized carbons (Fsp3) is 0.619. The van der Waals surface area contributed by atoms with Gasteiger partial charge in [-0.15, -0.1) is 0 Å². The summed E-state index contributed by atoms with van der Waals surface area (Å²) in [5.74, 6) is 1.39. The molecule has 0 saturated heterocycles. The largest absolute Gasteiger partial charge is 0.390 e. The molecule has 5 heteroatoms. The molecule has 4 fully saturated rings. The van der Waals surface area contributed by atoms with E-state index >= 15 is 0 Å². The Bertz CT molecular complexity index is 844. The molecule has 3 N–H and O–H groups in total. The Morgan fingerprint density at radius 2 is 2.12 bits per heavy atom. The van der Waals surface area contributed by atoms with Gasteiger partial charge in [-0.1, -0.05) is 25.5 Å². The lowest BCUT2D eigenvalue weighted by Gasteiger charge is -2.64. The summed E-state index contributed by atoms with van der Waals surface area (Å²) in [6, 6.07) is 7.90. The Kier molecular flexibility index (Phi) is 3.34. The number of carbonyl (C=O) groups excluding carboxylic acids is 1. The first-order valence-electron chi connectivity index (χ1n) is 9.88. The number of rotatable bonds is 4. The molecule has 26 heavy (non-hydrogen) atoms. The third kappa shape index (κ3) is 2.40. The molecule has 4 atom stereocenters. The van der Waals surface area contributed by atoms with Crippen LogP contribution in [0.4, 0.5) is 0 Å². The Morgan fingerprint density at radius 3 is 2.88 bits per heavy atom. The topological polar surface area (TPSA) is 78.0 Å². The van der Waals surface area contributed by atoms with E-state index in [-0.39, 0.29) is 11.3 Å². The van der Waals surface area contributed by atoms with Gasteiger partial charge in [0.05, 0.1) is 28.6 Å². The molecule has 0 radical (unpaired) electrons. The summed E-state index contributed by atoms with van der Waals surface area (Å²) in [5, 5.41) is 14.2. The molecule has 4 aliphatic rings. The van der Waals surface area contributed by atoms with Crippen molar-refractivity contribution in [3.8, 4) is 0 Å². The zero-order chi connectivity index (χ0) is 18.0. The Morgan fingerprint density at radius 1 is 1.27 bits per heavy atom. The number of aliphatic hydroxyl groups is 1. The highest BCUT2D eigenvalue weighted by atomic mass is 16.3. The van der Waals surface area contributed by atoms with Crippen LogP contribution in [0.3, 0.4) is 0 Å². The Labute approximate surface area is 153 Å². The van der Waals surface area contributed by atoms with Crippen molar-refractivity contribution in [2.24, 2.45) is 16.7 Å². The highest BCUT2D eigenvalue weighted by Crippen LogP contribution is 2.67. The van der Waals surface area contributed by atoms with Gasteiger partial charge in [-0.3, -0.25) is 4.79 Å². The number of amides is 1. The molecular formula is C21H27N3O2. The lowest BCUT2D eigenvalue weighted by atomic mass is 9.42. The predicted molar refractivity (Wildman–Crippen MR) is 99.2 cm³/mol. The molecule has 0 unspecified atom stereocenters. The molecule has 4 saturated carbocycles. The van der Waals surface area contributed by atoms with E-state index in [0.717, 1.165) is 49.0 Å². The van der Waals surface area contributed by atoms with Crippen LogP contribution in [-0.2, 0) is 11.3 Å². The number of fused-ring (bicyclic) bond motifs is 1. The van der Waals surface area contributed by atoms with Gasteiger partial charge in [-0.25, -0.2) is 4.98 Å². The number of carbonyl (C=O) groups is 1. The van der Waals surface area contributed by atoms with Crippen molar-refractivity contribution < 1.29 is 9.90 Å². The molecule has 2 aromatic rings. The summed E-state index contributed by atoms with van der Waals surface area (Å²) in [6.45, 7) is 2.63.